The second-order valence-corrected chi connectivity index (χ2v) is 5.15. The third-order valence-corrected chi connectivity index (χ3v) is 3.34. The number of anilines is 1. The molecule has 7 nitrogen and oxygen atoms in total. The quantitative estimate of drug-likeness (QED) is 0.712. The van der Waals surface area contributed by atoms with Crippen molar-refractivity contribution >= 4 is 11.9 Å². The number of benzene rings is 2. The summed E-state index contributed by atoms with van der Waals surface area (Å²) in [5, 5.41) is 10.2. The van der Waals surface area contributed by atoms with Gasteiger partial charge in [0.1, 0.15) is 0 Å². The molecule has 128 valence electrons. The fraction of sp³-hybridized carbons (Fsp3) is 0.167. The number of hydrogen-bond acceptors (Lipinski definition) is 6. The Labute approximate surface area is 144 Å². The van der Waals surface area contributed by atoms with Crippen LogP contribution in [0, 0.1) is 0 Å². The van der Waals surface area contributed by atoms with Crippen LogP contribution in [0.5, 0.6) is 11.5 Å². The molecule has 0 atom stereocenters. The number of methoxy groups -OCH3 is 1. The van der Waals surface area contributed by atoms with Crippen LogP contribution in [0.3, 0.4) is 0 Å². The van der Waals surface area contributed by atoms with Gasteiger partial charge in [-0.1, -0.05) is 47.6 Å². The van der Waals surface area contributed by atoms with Gasteiger partial charge in [0.2, 0.25) is 5.89 Å². The van der Waals surface area contributed by atoms with Crippen molar-refractivity contribution in [1.29, 1.82) is 0 Å². The lowest BCUT2D eigenvalue weighted by atomic mass is 10.2. The van der Waals surface area contributed by atoms with E-state index in [1.807, 2.05) is 36.4 Å². The summed E-state index contributed by atoms with van der Waals surface area (Å²) in [5.74, 6) is 1.06. The maximum Gasteiger partial charge on any atom is 0.322 e. The van der Waals surface area contributed by atoms with E-state index in [4.69, 9.17) is 13.9 Å². The van der Waals surface area contributed by atoms with Gasteiger partial charge in [0.05, 0.1) is 13.5 Å². The standard InChI is InChI=1S/C18H17N3O4/c1-23-14-9-5-6-10-15(14)24-12-16(22)19-18-21-20-17(25-18)11-13-7-3-2-4-8-13/h2-10H,11-12H2,1H3,(H,19,21,22). The average molecular weight is 339 g/mol. The fourth-order valence-electron chi connectivity index (χ4n) is 2.18. The molecule has 0 saturated carbocycles. The monoisotopic (exact) mass is 339 g/mol. The fourth-order valence-corrected chi connectivity index (χ4v) is 2.18. The molecule has 0 saturated heterocycles. The van der Waals surface area contributed by atoms with Crippen molar-refractivity contribution in [2.24, 2.45) is 0 Å². The molecule has 3 rings (SSSR count). The second-order valence-electron chi connectivity index (χ2n) is 5.15. The third kappa shape index (κ3) is 4.57. The molecule has 3 aromatic rings. The molecule has 25 heavy (non-hydrogen) atoms. The predicted molar refractivity (Wildman–Crippen MR) is 90.7 cm³/mol. The van der Waals surface area contributed by atoms with Crippen molar-refractivity contribution in [1.82, 2.24) is 10.2 Å². The van der Waals surface area contributed by atoms with Crippen LogP contribution in [-0.2, 0) is 11.2 Å². The number of amides is 1. The van der Waals surface area contributed by atoms with E-state index < -0.39 is 5.91 Å². The highest BCUT2D eigenvalue weighted by molar-refractivity contribution is 5.89. The predicted octanol–water partition coefficient (Wildman–Crippen LogP) is 2.69. The Balaban J connectivity index is 1.53. The van der Waals surface area contributed by atoms with Gasteiger partial charge in [-0.05, 0) is 17.7 Å². The minimum absolute atomic E-state index is 0.0413. The highest BCUT2D eigenvalue weighted by Crippen LogP contribution is 2.25. The molecular formula is C18H17N3O4. The SMILES string of the molecule is COc1ccccc1OCC(=O)Nc1nnc(Cc2ccccc2)o1. The number of aromatic nitrogens is 2. The largest absolute Gasteiger partial charge is 0.493 e. The van der Waals surface area contributed by atoms with Crippen molar-refractivity contribution in [2.45, 2.75) is 6.42 Å². The van der Waals surface area contributed by atoms with Crippen LogP contribution in [0.25, 0.3) is 0 Å². The van der Waals surface area contributed by atoms with E-state index in [0.717, 1.165) is 5.56 Å². The van der Waals surface area contributed by atoms with Crippen LogP contribution in [0.15, 0.2) is 59.0 Å². The van der Waals surface area contributed by atoms with Gasteiger partial charge in [0.15, 0.2) is 18.1 Å². The molecule has 0 aliphatic rings. The lowest BCUT2D eigenvalue weighted by molar-refractivity contribution is -0.118. The summed E-state index contributed by atoms with van der Waals surface area (Å²) in [7, 11) is 1.54. The highest BCUT2D eigenvalue weighted by Gasteiger charge is 2.12. The molecule has 1 N–H and O–H groups in total. The van der Waals surface area contributed by atoms with Crippen LogP contribution < -0.4 is 14.8 Å². The van der Waals surface area contributed by atoms with Gasteiger partial charge in [-0.2, -0.15) is 0 Å². The normalized spacial score (nSPS) is 10.3. The Morgan fingerprint density at radius 3 is 2.52 bits per heavy atom. The van der Waals surface area contributed by atoms with Crippen molar-refractivity contribution in [3.63, 3.8) is 0 Å². The maximum atomic E-state index is 11.9. The zero-order chi connectivity index (χ0) is 17.5. The van der Waals surface area contributed by atoms with Crippen molar-refractivity contribution in [3.05, 3.63) is 66.1 Å². The Morgan fingerprint density at radius 1 is 1.04 bits per heavy atom. The van der Waals surface area contributed by atoms with Crippen LogP contribution in [-0.4, -0.2) is 29.8 Å². The van der Waals surface area contributed by atoms with Crippen molar-refractivity contribution in [3.8, 4) is 11.5 Å². The first-order valence-electron chi connectivity index (χ1n) is 7.66. The molecule has 0 bridgehead atoms. The molecular weight excluding hydrogens is 322 g/mol. The molecule has 0 fully saturated rings. The number of nitrogens with one attached hydrogen (secondary N) is 1. The van der Waals surface area contributed by atoms with Crippen LogP contribution in [0.1, 0.15) is 11.5 Å². The number of hydrogen-bond donors (Lipinski definition) is 1. The molecule has 0 spiro atoms. The van der Waals surface area contributed by atoms with Gasteiger partial charge >= 0.3 is 6.01 Å². The molecule has 0 radical (unpaired) electrons. The lowest BCUT2D eigenvalue weighted by Crippen LogP contribution is -2.20. The van der Waals surface area contributed by atoms with E-state index in [-0.39, 0.29) is 12.6 Å². The van der Waals surface area contributed by atoms with Crippen LogP contribution >= 0.6 is 0 Å². The molecule has 1 aromatic heterocycles. The minimum atomic E-state index is -0.402. The molecule has 0 aliphatic carbocycles. The van der Waals surface area contributed by atoms with Gasteiger partial charge in [0, 0.05) is 0 Å². The first kappa shape index (κ1) is 16.5. The van der Waals surface area contributed by atoms with E-state index >= 15 is 0 Å². The Hall–Kier alpha value is -3.35. The Morgan fingerprint density at radius 2 is 1.76 bits per heavy atom. The summed E-state index contributed by atoms with van der Waals surface area (Å²) in [5.41, 5.74) is 1.04. The Kier molecular flexibility index (Phi) is 5.26. The number of ether oxygens (including phenoxy) is 2. The third-order valence-electron chi connectivity index (χ3n) is 3.34. The van der Waals surface area contributed by atoms with E-state index in [1.54, 1.807) is 18.2 Å². The minimum Gasteiger partial charge on any atom is -0.493 e. The van der Waals surface area contributed by atoms with Crippen molar-refractivity contribution in [2.75, 3.05) is 19.0 Å². The van der Waals surface area contributed by atoms with Gasteiger partial charge in [-0.3, -0.25) is 10.1 Å². The number of rotatable bonds is 7. The van der Waals surface area contributed by atoms with Gasteiger partial charge in [-0.25, -0.2) is 0 Å². The van der Waals surface area contributed by atoms with E-state index in [9.17, 15) is 4.79 Å². The number of carbonyl (C=O) groups excluding carboxylic acids is 1. The molecule has 0 unspecified atom stereocenters. The summed E-state index contributed by atoms with van der Waals surface area (Å²) >= 11 is 0. The lowest BCUT2D eigenvalue weighted by Gasteiger charge is -2.09. The zero-order valence-corrected chi connectivity index (χ0v) is 13.6. The van der Waals surface area contributed by atoms with Gasteiger partial charge < -0.3 is 13.9 Å². The Bertz CT molecular complexity index is 833. The molecule has 1 amide bonds. The van der Waals surface area contributed by atoms with E-state index in [0.29, 0.717) is 23.8 Å². The summed E-state index contributed by atoms with van der Waals surface area (Å²) in [6.07, 6.45) is 0.501. The maximum absolute atomic E-state index is 11.9. The first-order valence-corrected chi connectivity index (χ1v) is 7.66. The summed E-state index contributed by atoms with van der Waals surface area (Å²) in [4.78, 5) is 11.9. The second kappa shape index (κ2) is 7.96. The van der Waals surface area contributed by atoms with Gasteiger partial charge in [0.25, 0.3) is 5.91 Å². The number of carbonyl (C=O) groups is 1. The molecule has 1 heterocycles. The molecule has 0 aliphatic heterocycles. The molecule has 7 heteroatoms. The van der Waals surface area contributed by atoms with Gasteiger partial charge in [-0.15, -0.1) is 5.10 Å². The highest BCUT2D eigenvalue weighted by atomic mass is 16.5. The zero-order valence-electron chi connectivity index (χ0n) is 13.6. The average Bonchev–Trinajstić information content (AvgIpc) is 3.07. The molecule has 2 aromatic carbocycles. The van der Waals surface area contributed by atoms with E-state index in [1.165, 1.54) is 7.11 Å². The first-order chi connectivity index (χ1) is 12.2. The van der Waals surface area contributed by atoms with E-state index in [2.05, 4.69) is 15.5 Å². The summed E-state index contributed by atoms with van der Waals surface area (Å²) in [6.45, 7) is -0.198. The summed E-state index contributed by atoms with van der Waals surface area (Å²) < 4.78 is 16.0. The van der Waals surface area contributed by atoms with Crippen molar-refractivity contribution < 1.29 is 18.7 Å². The topological polar surface area (TPSA) is 86.5 Å². The number of nitrogens with zero attached hydrogens (tertiary/aromatic N) is 2. The van der Waals surface area contributed by atoms with Crippen LogP contribution in [0.2, 0.25) is 0 Å². The number of para-hydroxylation sites is 2. The summed E-state index contributed by atoms with van der Waals surface area (Å²) in [6, 6.07) is 16.9. The smallest absolute Gasteiger partial charge is 0.322 e. The van der Waals surface area contributed by atoms with Crippen LogP contribution in [0.4, 0.5) is 6.01 Å².